The van der Waals surface area contributed by atoms with Crippen LogP contribution in [0.5, 0.6) is 0 Å². The number of nitrogens with one attached hydrogen (secondary N) is 1. The van der Waals surface area contributed by atoms with Crippen molar-refractivity contribution >= 4 is 28.9 Å². The number of rotatable bonds is 7. The Morgan fingerprint density at radius 3 is 2.28 bits per heavy atom. The SMILES string of the molecule is CN(C)CC1(NC(=O)C2(C)C(c3ccc(Cl)o3)C(c3ccc(F)cc3F)=NN2c2ccc(F)cc2F)COC1. The molecule has 206 valence electrons. The molecule has 1 aromatic heterocycles. The van der Waals surface area contributed by atoms with Crippen LogP contribution in [0.25, 0.3) is 0 Å². The molecule has 2 atom stereocenters. The number of hydrogen-bond donors (Lipinski definition) is 1. The molecule has 1 fully saturated rings. The number of benzene rings is 2. The van der Waals surface area contributed by atoms with E-state index in [-0.39, 0.29) is 41.2 Å². The zero-order valence-electron chi connectivity index (χ0n) is 21.3. The van der Waals surface area contributed by atoms with Crippen molar-refractivity contribution in [1.29, 1.82) is 0 Å². The first kappa shape index (κ1) is 27.2. The van der Waals surface area contributed by atoms with Gasteiger partial charge in [0, 0.05) is 24.2 Å². The zero-order valence-corrected chi connectivity index (χ0v) is 22.0. The first-order chi connectivity index (χ1) is 18.4. The minimum absolute atomic E-state index is 0.00503. The number of likely N-dealkylation sites (N-methyl/N-ethyl adjacent to an activating group) is 1. The highest BCUT2D eigenvalue weighted by molar-refractivity contribution is 6.28. The average molecular weight is 565 g/mol. The lowest BCUT2D eigenvalue weighted by Crippen LogP contribution is -2.71. The molecule has 12 heteroatoms. The summed E-state index contributed by atoms with van der Waals surface area (Å²) < 4.78 is 69.1. The monoisotopic (exact) mass is 564 g/mol. The number of carbonyl (C=O) groups excluding carboxylic acids is 1. The third-order valence-corrected chi connectivity index (χ3v) is 7.12. The molecule has 2 unspecified atom stereocenters. The van der Waals surface area contributed by atoms with Gasteiger partial charge in [-0.05, 0) is 69.0 Å². The summed E-state index contributed by atoms with van der Waals surface area (Å²) in [4.78, 5) is 16.2. The Balaban J connectivity index is 1.71. The van der Waals surface area contributed by atoms with Crippen LogP contribution in [0.15, 0.2) is 58.0 Å². The molecule has 1 saturated heterocycles. The van der Waals surface area contributed by atoms with Crippen molar-refractivity contribution in [2.75, 3.05) is 38.9 Å². The Morgan fingerprint density at radius 1 is 1.08 bits per heavy atom. The number of nitrogens with zero attached hydrogens (tertiary/aromatic N) is 3. The predicted octanol–water partition coefficient (Wildman–Crippen LogP) is 4.70. The van der Waals surface area contributed by atoms with Crippen LogP contribution in [0.4, 0.5) is 23.2 Å². The van der Waals surface area contributed by atoms with E-state index in [0.29, 0.717) is 18.7 Å². The van der Waals surface area contributed by atoms with E-state index in [1.165, 1.54) is 25.1 Å². The third-order valence-electron chi connectivity index (χ3n) is 6.92. The summed E-state index contributed by atoms with van der Waals surface area (Å²) in [5.41, 5.74) is -2.95. The lowest BCUT2D eigenvalue weighted by molar-refractivity contribution is -0.139. The summed E-state index contributed by atoms with van der Waals surface area (Å²) in [6, 6.07) is 8.67. The molecular formula is C27H25ClF4N4O3. The number of carbonyl (C=O) groups is 1. The first-order valence-electron chi connectivity index (χ1n) is 12.0. The summed E-state index contributed by atoms with van der Waals surface area (Å²) in [7, 11) is 3.69. The van der Waals surface area contributed by atoms with E-state index in [1.54, 1.807) is 0 Å². The second kappa shape index (κ2) is 9.96. The fraction of sp³-hybridized carbons (Fsp3) is 0.333. The van der Waals surface area contributed by atoms with Gasteiger partial charge in [0.1, 0.15) is 23.2 Å². The highest BCUT2D eigenvalue weighted by atomic mass is 35.5. The second-order valence-electron chi connectivity index (χ2n) is 10.2. The van der Waals surface area contributed by atoms with Gasteiger partial charge in [-0.3, -0.25) is 4.79 Å². The maximum Gasteiger partial charge on any atom is 0.249 e. The van der Waals surface area contributed by atoms with Crippen LogP contribution in [-0.4, -0.2) is 61.5 Å². The summed E-state index contributed by atoms with van der Waals surface area (Å²) in [6.45, 7) is 2.40. The van der Waals surface area contributed by atoms with Crippen LogP contribution in [0, 0.1) is 23.3 Å². The van der Waals surface area contributed by atoms with Crippen molar-refractivity contribution in [1.82, 2.24) is 10.2 Å². The molecule has 3 heterocycles. The molecule has 1 amide bonds. The van der Waals surface area contributed by atoms with E-state index in [0.717, 1.165) is 23.2 Å². The normalized spacial score (nSPS) is 22.1. The molecule has 2 aromatic carbocycles. The van der Waals surface area contributed by atoms with Crippen LogP contribution in [0.2, 0.25) is 5.22 Å². The van der Waals surface area contributed by atoms with Gasteiger partial charge in [-0.15, -0.1) is 0 Å². The zero-order chi connectivity index (χ0) is 28.1. The molecule has 7 nitrogen and oxygen atoms in total. The van der Waals surface area contributed by atoms with Crippen molar-refractivity contribution < 1.29 is 31.5 Å². The number of furan rings is 1. The van der Waals surface area contributed by atoms with Gasteiger partial charge in [-0.2, -0.15) is 5.10 Å². The summed E-state index contributed by atoms with van der Waals surface area (Å²) in [5, 5.41) is 8.61. The van der Waals surface area contributed by atoms with Crippen LogP contribution in [-0.2, 0) is 9.53 Å². The van der Waals surface area contributed by atoms with Crippen molar-refractivity contribution in [3.8, 4) is 0 Å². The number of anilines is 1. The van der Waals surface area contributed by atoms with Gasteiger partial charge < -0.3 is 19.4 Å². The minimum atomic E-state index is -1.79. The topological polar surface area (TPSA) is 70.3 Å². The van der Waals surface area contributed by atoms with E-state index in [9.17, 15) is 13.6 Å². The van der Waals surface area contributed by atoms with E-state index in [4.69, 9.17) is 20.8 Å². The molecule has 2 aliphatic rings. The van der Waals surface area contributed by atoms with E-state index < -0.39 is 46.2 Å². The Bertz CT molecular complexity index is 1460. The molecule has 0 aliphatic carbocycles. The van der Waals surface area contributed by atoms with E-state index in [1.807, 2.05) is 19.0 Å². The fourth-order valence-corrected chi connectivity index (χ4v) is 5.32. The molecule has 0 bridgehead atoms. The van der Waals surface area contributed by atoms with Gasteiger partial charge in [0.2, 0.25) is 5.91 Å². The Labute approximate surface area is 227 Å². The van der Waals surface area contributed by atoms with Crippen molar-refractivity contribution in [3.63, 3.8) is 0 Å². The summed E-state index contributed by atoms with van der Waals surface area (Å²) in [6.07, 6.45) is 0. The second-order valence-corrected chi connectivity index (χ2v) is 10.6. The summed E-state index contributed by atoms with van der Waals surface area (Å²) >= 11 is 6.08. The number of hydrogen-bond acceptors (Lipinski definition) is 6. The highest BCUT2D eigenvalue weighted by Crippen LogP contribution is 2.47. The molecule has 39 heavy (non-hydrogen) atoms. The van der Waals surface area contributed by atoms with Gasteiger partial charge in [-0.1, -0.05) is 0 Å². The van der Waals surface area contributed by atoms with Gasteiger partial charge >= 0.3 is 0 Å². The average Bonchev–Trinajstić information content (AvgIpc) is 3.38. The molecule has 0 spiro atoms. The lowest BCUT2D eigenvalue weighted by Gasteiger charge is -2.46. The van der Waals surface area contributed by atoms with Crippen molar-refractivity contribution in [3.05, 3.63) is 88.3 Å². The smallest absolute Gasteiger partial charge is 0.249 e. The van der Waals surface area contributed by atoms with Crippen LogP contribution < -0.4 is 10.3 Å². The quantitative estimate of drug-likeness (QED) is 0.421. The van der Waals surface area contributed by atoms with Gasteiger partial charge in [-0.25, -0.2) is 22.6 Å². The highest BCUT2D eigenvalue weighted by Gasteiger charge is 2.58. The Hall–Kier alpha value is -3.41. The fourth-order valence-electron chi connectivity index (χ4n) is 5.17. The number of halogens is 5. The molecular weight excluding hydrogens is 540 g/mol. The maximum absolute atomic E-state index is 15.2. The van der Waals surface area contributed by atoms with Gasteiger partial charge in [0.15, 0.2) is 16.6 Å². The number of ether oxygens (including phenoxy) is 1. The standard InChI is InChI=1S/C27H25ClF4N4O3/c1-26(25(37)33-27(12-35(2)3)13-38-14-27)23(21-8-9-22(28)39-21)24(17-6-4-15(29)10-18(17)31)34-36(26)20-7-5-16(30)11-19(20)32/h4-11,23H,12-14H2,1-3H3,(H,33,37). The molecule has 1 N–H and O–H groups in total. The minimum Gasteiger partial charge on any atom is -0.449 e. The Kier molecular flexibility index (Phi) is 6.94. The lowest BCUT2D eigenvalue weighted by atomic mass is 9.77. The van der Waals surface area contributed by atoms with Crippen molar-refractivity contribution in [2.45, 2.75) is 23.9 Å². The molecule has 0 saturated carbocycles. The summed E-state index contributed by atoms with van der Waals surface area (Å²) in [5.74, 6) is -5.20. The van der Waals surface area contributed by atoms with Crippen LogP contribution >= 0.6 is 11.6 Å². The van der Waals surface area contributed by atoms with Crippen LogP contribution in [0.3, 0.4) is 0 Å². The molecule has 2 aliphatic heterocycles. The maximum atomic E-state index is 15.2. The van der Waals surface area contributed by atoms with E-state index >= 15 is 8.78 Å². The predicted molar refractivity (Wildman–Crippen MR) is 137 cm³/mol. The third kappa shape index (κ3) is 4.79. The van der Waals surface area contributed by atoms with Crippen LogP contribution in [0.1, 0.15) is 24.2 Å². The Morgan fingerprint density at radius 2 is 1.74 bits per heavy atom. The van der Waals surface area contributed by atoms with Gasteiger partial charge in [0.25, 0.3) is 0 Å². The largest absolute Gasteiger partial charge is 0.449 e. The molecule has 3 aromatic rings. The van der Waals surface area contributed by atoms with Gasteiger partial charge in [0.05, 0.1) is 36.1 Å². The molecule has 0 radical (unpaired) electrons. The van der Waals surface area contributed by atoms with E-state index in [2.05, 4.69) is 10.4 Å². The number of hydrazone groups is 1. The number of amides is 1. The van der Waals surface area contributed by atoms with Crippen molar-refractivity contribution in [2.24, 2.45) is 5.10 Å². The molecule has 5 rings (SSSR count). The first-order valence-corrected chi connectivity index (χ1v) is 12.4.